The first-order valence-electron chi connectivity index (χ1n) is 8.82. The lowest BCUT2D eigenvalue weighted by molar-refractivity contribution is -0.122. The van der Waals surface area contributed by atoms with Crippen LogP contribution in [0.15, 0.2) is 45.1 Å². The SMILES string of the molecule is CCC1=C(O)c2c(oc(-c3ccccc3F)cc2=O)C(CC)(CC)C1=O. The average molecular weight is 356 g/mol. The minimum absolute atomic E-state index is 0.0187. The van der Waals surface area contributed by atoms with E-state index in [0.29, 0.717) is 19.3 Å². The molecule has 0 unspecified atom stereocenters. The van der Waals surface area contributed by atoms with E-state index in [-0.39, 0.29) is 39.8 Å². The molecule has 1 heterocycles. The van der Waals surface area contributed by atoms with E-state index in [1.54, 1.807) is 19.1 Å². The first-order chi connectivity index (χ1) is 12.4. The predicted octanol–water partition coefficient (Wildman–Crippen LogP) is 4.77. The van der Waals surface area contributed by atoms with E-state index in [4.69, 9.17) is 4.42 Å². The van der Waals surface area contributed by atoms with Crippen molar-refractivity contribution in [3.05, 3.63) is 63.3 Å². The molecule has 0 amide bonds. The number of allylic oxidation sites excluding steroid dienone is 1. The Balaban J connectivity index is 2.40. The largest absolute Gasteiger partial charge is 0.507 e. The summed E-state index contributed by atoms with van der Waals surface area (Å²) >= 11 is 0. The molecule has 0 radical (unpaired) electrons. The van der Waals surface area contributed by atoms with Gasteiger partial charge in [-0.3, -0.25) is 9.59 Å². The molecular formula is C21H21FO4. The van der Waals surface area contributed by atoms with Crippen LogP contribution < -0.4 is 5.43 Å². The molecular weight excluding hydrogens is 335 g/mol. The molecule has 0 saturated heterocycles. The van der Waals surface area contributed by atoms with Gasteiger partial charge < -0.3 is 9.52 Å². The Morgan fingerprint density at radius 2 is 1.77 bits per heavy atom. The molecule has 26 heavy (non-hydrogen) atoms. The number of benzene rings is 1. The summed E-state index contributed by atoms with van der Waals surface area (Å²) in [6, 6.07) is 7.15. The van der Waals surface area contributed by atoms with Gasteiger partial charge in [0.25, 0.3) is 0 Å². The minimum atomic E-state index is -1.03. The third-order valence-electron chi connectivity index (χ3n) is 5.31. The number of aliphatic hydroxyl groups excluding tert-OH is 1. The maximum Gasteiger partial charge on any atom is 0.196 e. The van der Waals surface area contributed by atoms with Gasteiger partial charge in [-0.1, -0.05) is 32.9 Å². The molecule has 0 atom stereocenters. The number of Topliss-reactive ketones (excluding diaryl/α,β-unsaturated/α-hetero) is 1. The number of halogens is 1. The number of aliphatic hydroxyl groups is 1. The Hall–Kier alpha value is -2.69. The number of carbonyl (C=O) groups excluding carboxylic acids is 1. The third kappa shape index (κ3) is 2.42. The molecule has 5 heteroatoms. The molecule has 3 rings (SSSR count). The van der Waals surface area contributed by atoms with Gasteiger partial charge in [-0.05, 0) is 31.4 Å². The molecule has 1 aromatic carbocycles. The highest BCUT2D eigenvalue weighted by Gasteiger charge is 2.48. The van der Waals surface area contributed by atoms with Gasteiger partial charge in [0.05, 0.1) is 11.0 Å². The maximum absolute atomic E-state index is 14.2. The van der Waals surface area contributed by atoms with E-state index in [2.05, 4.69) is 0 Å². The molecule has 4 nitrogen and oxygen atoms in total. The van der Waals surface area contributed by atoms with Gasteiger partial charge in [-0.2, -0.15) is 0 Å². The first-order valence-corrected chi connectivity index (χ1v) is 8.82. The van der Waals surface area contributed by atoms with Crippen LogP contribution in [0, 0.1) is 5.82 Å². The van der Waals surface area contributed by atoms with Crippen LogP contribution in [0.5, 0.6) is 0 Å². The summed E-state index contributed by atoms with van der Waals surface area (Å²) < 4.78 is 20.1. The molecule has 1 aromatic heterocycles. The lowest BCUT2D eigenvalue weighted by Crippen LogP contribution is -2.41. The van der Waals surface area contributed by atoms with Gasteiger partial charge in [0.15, 0.2) is 11.2 Å². The van der Waals surface area contributed by atoms with Crippen molar-refractivity contribution in [2.75, 3.05) is 0 Å². The molecule has 0 fully saturated rings. The van der Waals surface area contributed by atoms with Crippen LogP contribution in [-0.2, 0) is 10.2 Å². The second-order valence-electron chi connectivity index (χ2n) is 6.46. The minimum Gasteiger partial charge on any atom is -0.507 e. The Labute approximate surface area is 151 Å². The van der Waals surface area contributed by atoms with E-state index < -0.39 is 16.7 Å². The van der Waals surface area contributed by atoms with Crippen LogP contribution >= 0.6 is 0 Å². The quantitative estimate of drug-likeness (QED) is 0.857. The molecule has 2 aromatic rings. The predicted molar refractivity (Wildman–Crippen MR) is 97.5 cm³/mol. The van der Waals surface area contributed by atoms with Crippen molar-refractivity contribution >= 4 is 11.5 Å². The summed E-state index contributed by atoms with van der Waals surface area (Å²) in [6.07, 6.45) is 1.14. The molecule has 1 aliphatic rings. The van der Waals surface area contributed by atoms with Crippen molar-refractivity contribution in [3.8, 4) is 11.3 Å². The summed E-state index contributed by atoms with van der Waals surface area (Å²) in [4.78, 5) is 25.9. The fourth-order valence-electron chi connectivity index (χ4n) is 3.72. The fraction of sp³-hybridized carbons (Fsp3) is 0.333. The topological polar surface area (TPSA) is 67.5 Å². The Morgan fingerprint density at radius 1 is 1.12 bits per heavy atom. The zero-order chi connectivity index (χ0) is 19.1. The fourth-order valence-corrected chi connectivity index (χ4v) is 3.72. The zero-order valence-corrected chi connectivity index (χ0v) is 15.1. The molecule has 0 saturated carbocycles. The average Bonchev–Trinajstić information content (AvgIpc) is 2.63. The van der Waals surface area contributed by atoms with Crippen LogP contribution in [0.3, 0.4) is 0 Å². The monoisotopic (exact) mass is 356 g/mol. The van der Waals surface area contributed by atoms with Crippen molar-refractivity contribution in [1.29, 1.82) is 0 Å². The van der Waals surface area contributed by atoms with Crippen LogP contribution in [0.1, 0.15) is 51.4 Å². The van der Waals surface area contributed by atoms with E-state index in [1.807, 2.05) is 13.8 Å². The first kappa shape index (κ1) is 18.1. The number of ketones is 1. The summed E-state index contributed by atoms with van der Waals surface area (Å²) in [6.45, 7) is 5.45. The lowest BCUT2D eigenvalue weighted by Gasteiger charge is -2.35. The lowest BCUT2D eigenvalue weighted by atomic mass is 9.68. The molecule has 0 bridgehead atoms. The van der Waals surface area contributed by atoms with E-state index >= 15 is 0 Å². The molecule has 1 N–H and O–H groups in total. The number of hydrogen-bond donors (Lipinski definition) is 1. The van der Waals surface area contributed by atoms with Crippen molar-refractivity contribution in [2.24, 2.45) is 0 Å². The van der Waals surface area contributed by atoms with Gasteiger partial charge in [-0.25, -0.2) is 4.39 Å². The number of rotatable bonds is 4. The summed E-state index contributed by atoms with van der Waals surface area (Å²) in [5.74, 6) is -0.889. The number of fused-ring (bicyclic) bond motifs is 1. The third-order valence-corrected chi connectivity index (χ3v) is 5.31. The molecule has 136 valence electrons. The zero-order valence-electron chi connectivity index (χ0n) is 15.1. The van der Waals surface area contributed by atoms with Crippen molar-refractivity contribution in [3.63, 3.8) is 0 Å². The Kier molecular flexibility index (Phi) is 4.57. The maximum atomic E-state index is 14.2. The van der Waals surface area contributed by atoms with Crippen molar-refractivity contribution in [2.45, 2.75) is 45.4 Å². The van der Waals surface area contributed by atoms with Crippen LogP contribution in [0.2, 0.25) is 0 Å². The summed E-state index contributed by atoms with van der Waals surface area (Å²) in [7, 11) is 0. The second kappa shape index (κ2) is 6.56. The second-order valence-corrected chi connectivity index (χ2v) is 6.46. The molecule has 1 aliphatic carbocycles. The van der Waals surface area contributed by atoms with E-state index in [1.165, 1.54) is 18.2 Å². The molecule has 0 aliphatic heterocycles. The van der Waals surface area contributed by atoms with Gasteiger partial charge in [0.2, 0.25) is 0 Å². The number of hydrogen-bond acceptors (Lipinski definition) is 4. The van der Waals surface area contributed by atoms with Crippen LogP contribution in [0.4, 0.5) is 4.39 Å². The van der Waals surface area contributed by atoms with Gasteiger partial charge in [0, 0.05) is 11.6 Å². The highest BCUT2D eigenvalue weighted by molar-refractivity contribution is 6.10. The summed E-state index contributed by atoms with van der Waals surface area (Å²) in [5, 5.41) is 10.5. The smallest absolute Gasteiger partial charge is 0.196 e. The Bertz CT molecular complexity index is 964. The highest BCUT2D eigenvalue weighted by Crippen LogP contribution is 2.44. The van der Waals surface area contributed by atoms with E-state index in [0.717, 1.165) is 0 Å². The van der Waals surface area contributed by atoms with E-state index in [9.17, 15) is 19.1 Å². The van der Waals surface area contributed by atoms with Crippen LogP contribution in [0.25, 0.3) is 17.1 Å². The highest BCUT2D eigenvalue weighted by atomic mass is 19.1. The molecule has 0 spiro atoms. The van der Waals surface area contributed by atoms with Gasteiger partial charge >= 0.3 is 0 Å². The summed E-state index contributed by atoms with van der Waals surface area (Å²) in [5.41, 5.74) is -1.11. The van der Waals surface area contributed by atoms with Gasteiger partial charge in [-0.15, -0.1) is 0 Å². The van der Waals surface area contributed by atoms with Gasteiger partial charge in [0.1, 0.15) is 28.7 Å². The Morgan fingerprint density at radius 3 is 2.35 bits per heavy atom. The standard InChI is InChI=1S/C21H21FO4/c1-4-12-18(24)17-15(23)11-16(13-9-7-8-10-14(13)22)26-20(17)21(5-2,6-3)19(12)25/h7-11,24H,4-6H2,1-3H3. The van der Waals surface area contributed by atoms with Crippen molar-refractivity contribution in [1.82, 2.24) is 0 Å². The normalized spacial score (nSPS) is 15.9. The van der Waals surface area contributed by atoms with Crippen molar-refractivity contribution < 1.29 is 18.7 Å². The van der Waals surface area contributed by atoms with Crippen LogP contribution in [-0.4, -0.2) is 10.9 Å². The number of carbonyl (C=O) groups is 1.